The average molecular weight is 356 g/mol. The number of hydrogen-bond acceptors (Lipinski definition) is 7. The van der Waals surface area contributed by atoms with E-state index in [-0.39, 0.29) is 0 Å². The monoisotopic (exact) mass is 356 g/mol. The standard InChI is InChI=1S/C19H28N6O/c20-17-22-18(21)25(19(23-17)8-4-1-5-9-19)16-7-3-2-6-15(16)14-24-10-12-26-13-11-24/h2-3,6-7H,1,4-5,8-14H2,(H4,20,21,22,23). The van der Waals surface area contributed by atoms with Crippen LogP contribution in [0.3, 0.4) is 0 Å². The smallest absolute Gasteiger partial charge is 0.220 e. The molecule has 0 radical (unpaired) electrons. The van der Waals surface area contributed by atoms with Crippen molar-refractivity contribution in [2.45, 2.75) is 44.3 Å². The molecule has 4 rings (SSSR count). The maximum Gasteiger partial charge on any atom is 0.220 e. The molecule has 4 N–H and O–H groups in total. The van der Waals surface area contributed by atoms with E-state index < -0.39 is 5.66 Å². The third-order valence-electron chi connectivity index (χ3n) is 5.58. The first-order chi connectivity index (χ1) is 12.7. The number of morpholine rings is 1. The summed E-state index contributed by atoms with van der Waals surface area (Å²) < 4.78 is 5.48. The maximum absolute atomic E-state index is 6.39. The fraction of sp³-hybridized carbons (Fsp3) is 0.579. The lowest BCUT2D eigenvalue weighted by atomic mass is 9.87. The predicted octanol–water partition coefficient (Wildman–Crippen LogP) is 1.63. The highest BCUT2D eigenvalue weighted by molar-refractivity contribution is 6.06. The van der Waals surface area contributed by atoms with Crippen LogP contribution in [0.4, 0.5) is 5.69 Å². The Bertz CT molecular complexity index is 704. The first-order valence-electron chi connectivity index (χ1n) is 9.56. The van der Waals surface area contributed by atoms with Gasteiger partial charge in [-0.1, -0.05) is 24.6 Å². The molecule has 140 valence electrons. The lowest BCUT2D eigenvalue weighted by Crippen LogP contribution is -2.58. The van der Waals surface area contributed by atoms with Crippen molar-refractivity contribution < 1.29 is 4.74 Å². The van der Waals surface area contributed by atoms with Crippen LogP contribution in [-0.2, 0) is 11.3 Å². The van der Waals surface area contributed by atoms with E-state index in [0.717, 1.165) is 64.2 Å². The van der Waals surface area contributed by atoms with Gasteiger partial charge in [0.15, 0.2) is 0 Å². The number of guanidine groups is 2. The zero-order valence-corrected chi connectivity index (χ0v) is 15.2. The largest absolute Gasteiger partial charge is 0.379 e. The van der Waals surface area contributed by atoms with Crippen LogP contribution in [0.25, 0.3) is 0 Å². The SMILES string of the molecule is NC1=NC2(CCCCC2)N(c2ccccc2CN2CCOCC2)C(N)=N1. The molecule has 1 aliphatic carbocycles. The van der Waals surface area contributed by atoms with Crippen LogP contribution in [0.5, 0.6) is 0 Å². The first kappa shape index (κ1) is 17.3. The maximum atomic E-state index is 6.39. The Morgan fingerprint density at radius 2 is 1.77 bits per heavy atom. The average Bonchev–Trinajstić information content (AvgIpc) is 2.64. The van der Waals surface area contributed by atoms with E-state index in [4.69, 9.17) is 21.2 Å². The molecule has 2 heterocycles. The lowest BCUT2D eigenvalue weighted by molar-refractivity contribution is 0.0342. The number of rotatable bonds is 3. The normalized spacial score (nSPS) is 23.6. The third kappa shape index (κ3) is 3.29. The highest BCUT2D eigenvalue weighted by Crippen LogP contribution is 2.40. The molecule has 2 fully saturated rings. The highest BCUT2D eigenvalue weighted by atomic mass is 16.5. The Morgan fingerprint density at radius 1 is 1.04 bits per heavy atom. The highest BCUT2D eigenvalue weighted by Gasteiger charge is 2.43. The molecule has 0 bridgehead atoms. The number of nitrogens with two attached hydrogens (primary N) is 2. The van der Waals surface area contributed by atoms with E-state index in [1.54, 1.807) is 0 Å². The van der Waals surface area contributed by atoms with Crippen LogP contribution in [-0.4, -0.2) is 48.8 Å². The van der Waals surface area contributed by atoms with Gasteiger partial charge in [0, 0.05) is 19.6 Å². The summed E-state index contributed by atoms with van der Waals surface area (Å²) in [6.07, 6.45) is 5.40. The van der Waals surface area contributed by atoms with Crippen molar-refractivity contribution >= 4 is 17.6 Å². The summed E-state index contributed by atoms with van der Waals surface area (Å²) in [5.74, 6) is 0.750. The first-order valence-corrected chi connectivity index (χ1v) is 9.56. The Morgan fingerprint density at radius 3 is 2.54 bits per heavy atom. The number of hydrogen-bond donors (Lipinski definition) is 2. The van der Waals surface area contributed by atoms with Gasteiger partial charge in [0.1, 0.15) is 5.66 Å². The van der Waals surface area contributed by atoms with Crippen molar-refractivity contribution in [2.24, 2.45) is 21.5 Å². The van der Waals surface area contributed by atoms with Gasteiger partial charge in [-0.15, -0.1) is 0 Å². The number of ether oxygens (including phenoxy) is 1. The topological polar surface area (TPSA) is 92.5 Å². The molecule has 1 saturated carbocycles. The van der Waals surface area contributed by atoms with Gasteiger partial charge in [0.05, 0.1) is 18.9 Å². The number of nitrogens with zero attached hydrogens (tertiary/aromatic N) is 4. The Labute approximate surface area is 154 Å². The molecule has 26 heavy (non-hydrogen) atoms. The summed E-state index contributed by atoms with van der Waals surface area (Å²) in [5, 5.41) is 0. The molecule has 7 heteroatoms. The predicted molar refractivity (Wildman–Crippen MR) is 104 cm³/mol. The van der Waals surface area contributed by atoms with Gasteiger partial charge < -0.3 is 16.2 Å². The van der Waals surface area contributed by atoms with Gasteiger partial charge in [-0.3, -0.25) is 9.80 Å². The number of anilines is 1. The second-order valence-corrected chi connectivity index (χ2v) is 7.34. The molecule has 7 nitrogen and oxygen atoms in total. The zero-order chi connectivity index (χ0) is 18.0. The molecule has 0 amide bonds. The molecule has 0 unspecified atom stereocenters. The molecule has 2 aliphatic heterocycles. The molecule has 1 aromatic carbocycles. The van der Waals surface area contributed by atoms with Crippen LogP contribution in [0, 0.1) is 0 Å². The zero-order valence-electron chi connectivity index (χ0n) is 15.2. The summed E-state index contributed by atoms with van der Waals surface area (Å²) in [4.78, 5) is 13.6. The van der Waals surface area contributed by atoms with Crippen LogP contribution < -0.4 is 16.4 Å². The minimum Gasteiger partial charge on any atom is -0.379 e. The second-order valence-electron chi connectivity index (χ2n) is 7.34. The van der Waals surface area contributed by atoms with Gasteiger partial charge in [-0.2, -0.15) is 4.99 Å². The van der Waals surface area contributed by atoms with Crippen LogP contribution in [0.1, 0.15) is 37.7 Å². The van der Waals surface area contributed by atoms with Crippen molar-refractivity contribution in [3.8, 4) is 0 Å². The van der Waals surface area contributed by atoms with Crippen molar-refractivity contribution in [1.29, 1.82) is 0 Å². The molecule has 0 atom stereocenters. The fourth-order valence-electron chi connectivity index (χ4n) is 4.33. The van der Waals surface area contributed by atoms with E-state index >= 15 is 0 Å². The van der Waals surface area contributed by atoms with E-state index in [9.17, 15) is 0 Å². The van der Waals surface area contributed by atoms with Crippen molar-refractivity contribution in [3.05, 3.63) is 29.8 Å². The molecule has 3 aliphatic rings. The summed E-state index contributed by atoms with van der Waals surface area (Å²) in [6.45, 7) is 4.36. The summed E-state index contributed by atoms with van der Waals surface area (Å²) in [6, 6.07) is 8.45. The number of para-hydroxylation sites is 1. The lowest BCUT2D eigenvalue weighted by Gasteiger charge is -2.46. The van der Waals surface area contributed by atoms with Crippen molar-refractivity contribution in [3.63, 3.8) is 0 Å². The van der Waals surface area contributed by atoms with E-state index in [1.165, 1.54) is 12.0 Å². The fourth-order valence-corrected chi connectivity index (χ4v) is 4.33. The summed E-state index contributed by atoms with van der Waals surface area (Å²) >= 11 is 0. The van der Waals surface area contributed by atoms with Gasteiger partial charge in [-0.05, 0) is 37.3 Å². The van der Waals surface area contributed by atoms with Gasteiger partial charge in [0.25, 0.3) is 0 Å². The van der Waals surface area contributed by atoms with Crippen LogP contribution in [0.15, 0.2) is 34.3 Å². The Hall–Kier alpha value is -2.12. The second kappa shape index (κ2) is 7.25. The van der Waals surface area contributed by atoms with E-state index in [1.807, 2.05) is 0 Å². The van der Waals surface area contributed by atoms with Crippen molar-refractivity contribution in [1.82, 2.24) is 4.90 Å². The molecular weight excluding hydrogens is 328 g/mol. The quantitative estimate of drug-likeness (QED) is 0.859. The molecular formula is C19H28N6O. The van der Waals surface area contributed by atoms with Gasteiger partial charge in [-0.25, -0.2) is 4.99 Å². The van der Waals surface area contributed by atoms with Gasteiger partial charge >= 0.3 is 0 Å². The van der Waals surface area contributed by atoms with Crippen LogP contribution in [0.2, 0.25) is 0 Å². The minimum atomic E-state index is -0.394. The minimum absolute atomic E-state index is 0.298. The van der Waals surface area contributed by atoms with E-state index in [0.29, 0.717) is 11.9 Å². The van der Waals surface area contributed by atoms with Crippen LogP contribution >= 0.6 is 0 Å². The van der Waals surface area contributed by atoms with E-state index in [2.05, 4.69) is 39.1 Å². The molecule has 1 spiro atoms. The Balaban J connectivity index is 1.69. The Kier molecular flexibility index (Phi) is 4.82. The van der Waals surface area contributed by atoms with Gasteiger partial charge in [0.2, 0.25) is 11.9 Å². The van der Waals surface area contributed by atoms with Crippen molar-refractivity contribution in [2.75, 3.05) is 31.2 Å². The summed E-state index contributed by atoms with van der Waals surface area (Å²) in [7, 11) is 0. The molecule has 1 aromatic rings. The molecule has 1 saturated heterocycles. The molecule has 0 aromatic heterocycles. The third-order valence-corrected chi connectivity index (χ3v) is 5.58. The number of aliphatic imine (C=N–C) groups is 2. The number of benzene rings is 1. The summed E-state index contributed by atoms with van der Waals surface area (Å²) in [5.41, 5.74) is 14.3.